The van der Waals surface area contributed by atoms with Crippen LogP contribution in [0.25, 0.3) is 0 Å². The smallest absolute Gasteiger partial charge is 0.222 e. The molecule has 1 aliphatic heterocycles. The van der Waals surface area contributed by atoms with Crippen LogP contribution in [0, 0.1) is 12.7 Å². The molecule has 27 heavy (non-hydrogen) atoms. The second-order valence-electron chi connectivity index (χ2n) is 6.62. The molecule has 1 amide bonds. The number of carbonyl (C=O) groups is 1. The largest absolute Gasteiger partial charge is 0.357 e. The van der Waals surface area contributed by atoms with Crippen LogP contribution in [0.2, 0.25) is 0 Å². The van der Waals surface area contributed by atoms with Crippen molar-refractivity contribution in [2.45, 2.75) is 39.3 Å². The van der Waals surface area contributed by atoms with Crippen molar-refractivity contribution in [3.05, 3.63) is 35.1 Å². The molecule has 0 radical (unpaired) electrons. The number of benzene rings is 1. The van der Waals surface area contributed by atoms with E-state index in [9.17, 15) is 17.6 Å². The molecule has 0 saturated carbocycles. The molecule has 7 nitrogen and oxygen atoms in total. The Morgan fingerprint density at radius 2 is 2.11 bits per heavy atom. The molecule has 1 aromatic carbocycles. The lowest BCUT2D eigenvalue weighted by atomic mass is 10.1. The molecule has 2 rings (SSSR count). The SMILES string of the molecule is CCNC(=NCc1ccc(F)c(C)c1)NCCC(=O)NC1CCS(=O)(=O)C1. The Kier molecular flexibility index (Phi) is 7.58. The van der Waals surface area contributed by atoms with Gasteiger partial charge in [0, 0.05) is 25.6 Å². The summed E-state index contributed by atoms with van der Waals surface area (Å²) in [5.74, 6) is 0.295. The van der Waals surface area contributed by atoms with Gasteiger partial charge < -0.3 is 16.0 Å². The second-order valence-corrected chi connectivity index (χ2v) is 8.85. The van der Waals surface area contributed by atoms with Gasteiger partial charge in [-0.15, -0.1) is 0 Å². The zero-order valence-corrected chi connectivity index (χ0v) is 16.5. The summed E-state index contributed by atoms with van der Waals surface area (Å²) >= 11 is 0. The lowest BCUT2D eigenvalue weighted by molar-refractivity contribution is -0.121. The molecule has 0 spiro atoms. The standard InChI is InChI=1S/C18H27FN4O3S/c1-3-20-18(22-11-14-4-5-16(19)13(2)10-14)21-8-6-17(24)23-15-7-9-27(25,26)12-15/h4-5,10,15H,3,6-9,11-12H2,1-2H3,(H,23,24)(H2,20,21,22). The predicted molar refractivity (Wildman–Crippen MR) is 104 cm³/mol. The van der Waals surface area contributed by atoms with Gasteiger partial charge in [-0.3, -0.25) is 4.79 Å². The van der Waals surface area contributed by atoms with E-state index >= 15 is 0 Å². The zero-order valence-electron chi connectivity index (χ0n) is 15.7. The summed E-state index contributed by atoms with van der Waals surface area (Å²) in [6, 6.07) is 4.59. The number of amides is 1. The van der Waals surface area contributed by atoms with Crippen molar-refractivity contribution < 1.29 is 17.6 Å². The first-order valence-corrected chi connectivity index (χ1v) is 10.9. The number of nitrogens with zero attached hydrogens (tertiary/aromatic N) is 1. The van der Waals surface area contributed by atoms with Crippen LogP contribution in [-0.4, -0.2) is 50.9 Å². The van der Waals surface area contributed by atoms with E-state index in [4.69, 9.17) is 0 Å². The van der Waals surface area contributed by atoms with Crippen molar-refractivity contribution in [3.63, 3.8) is 0 Å². The monoisotopic (exact) mass is 398 g/mol. The summed E-state index contributed by atoms with van der Waals surface area (Å²) in [5, 5.41) is 8.92. The third-order valence-electron chi connectivity index (χ3n) is 4.23. The minimum absolute atomic E-state index is 0.0212. The summed E-state index contributed by atoms with van der Waals surface area (Å²) < 4.78 is 36.2. The van der Waals surface area contributed by atoms with Crippen LogP contribution < -0.4 is 16.0 Å². The Morgan fingerprint density at radius 3 is 2.74 bits per heavy atom. The third kappa shape index (κ3) is 7.16. The Bertz CT molecular complexity index is 796. The maximum Gasteiger partial charge on any atom is 0.222 e. The highest BCUT2D eigenvalue weighted by Gasteiger charge is 2.28. The van der Waals surface area contributed by atoms with E-state index in [1.165, 1.54) is 6.07 Å². The Morgan fingerprint density at radius 1 is 1.33 bits per heavy atom. The molecule has 0 aromatic heterocycles. The minimum atomic E-state index is -3.00. The molecule has 1 heterocycles. The number of nitrogens with one attached hydrogen (secondary N) is 3. The molecule has 1 aromatic rings. The first kappa shape index (κ1) is 21.1. The lowest BCUT2D eigenvalue weighted by Gasteiger charge is -2.13. The molecule has 1 fully saturated rings. The molecule has 3 N–H and O–H groups in total. The van der Waals surface area contributed by atoms with Crippen LogP contribution in [0.4, 0.5) is 4.39 Å². The van der Waals surface area contributed by atoms with Gasteiger partial charge in [-0.25, -0.2) is 17.8 Å². The first-order valence-electron chi connectivity index (χ1n) is 9.06. The van der Waals surface area contributed by atoms with Crippen molar-refractivity contribution in [2.24, 2.45) is 4.99 Å². The van der Waals surface area contributed by atoms with Gasteiger partial charge in [0.2, 0.25) is 5.91 Å². The van der Waals surface area contributed by atoms with Crippen LogP contribution in [0.15, 0.2) is 23.2 Å². The highest BCUT2D eigenvalue weighted by molar-refractivity contribution is 7.91. The predicted octanol–water partition coefficient (Wildman–Crippen LogP) is 0.883. The number of aliphatic imine (C=N–C) groups is 1. The summed E-state index contributed by atoms with van der Waals surface area (Å²) in [6.07, 6.45) is 0.694. The fourth-order valence-electron chi connectivity index (χ4n) is 2.82. The van der Waals surface area contributed by atoms with Gasteiger partial charge >= 0.3 is 0 Å². The number of sulfone groups is 1. The van der Waals surface area contributed by atoms with Crippen molar-refractivity contribution in [2.75, 3.05) is 24.6 Å². The van der Waals surface area contributed by atoms with Gasteiger partial charge in [-0.2, -0.15) is 0 Å². The van der Waals surface area contributed by atoms with Gasteiger partial charge in [0.25, 0.3) is 0 Å². The van der Waals surface area contributed by atoms with Crippen LogP contribution in [0.1, 0.15) is 30.9 Å². The van der Waals surface area contributed by atoms with Crippen molar-refractivity contribution in [3.8, 4) is 0 Å². The average molecular weight is 399 g/mol. The van der Waals surface area contributed by atoms with E-state index in [0.29, 0.717) is 37.6 Å². The molecular formula is C18H27FN4O3S. The highest BCUT2D eigenvalue weighted by atomic mass is 32.2. The van der Waals surface area contributed by atoms with Gasteiger partial charge in [-0.1, -0.05) is 12.1 Å². The average Bonchev–Trinajstić information content (AvgIpc) is 2.94. The van der Waals surface area contributed by atoms with Crippen molar-refractivity contribution >= 4 is 21.7 Å². The molecule has 0 aliphatic carbocycles. The number of halogens is 1. The third-order valence-corrected chi connectivity index (χ3v) is 6.00. The Balaban J connectivity index is 1.79. The first-order chi connectivity index (χ1) is 12.8. The molecule has 1 aliphatic rings. The normalized spacial score (nSPS) is 18.9. The molecule has 1 atom stereocenters. The van der Waals surface area contributed by atoms with E-state index in [1.807, 2.05) is 6.92 Å². The number of aryl methyl sites for hydroxylation is 1. The molecule has 1 saturated heterocycles. The fourth-order valence-corrected chi connectivity index (χ4v) is 4.49. The lowest BCUT2D eigenvalue weighted by Crippen LogP contribution is -2.41. The number of rotatable bonds is 7. The molecule has 0 bridgehead atoms. The van der Waals surface area contributed by atoms with E-state index in [0.717, 1.165) is 5.56 Å². The topological polar surface area (TPSA) is 99.7 Å². The molecule has 150 valence electrons. The summed E-state index contributed by atoms with van der Waals surface area (Å²) in [4.78, 5) is 16.4. The molecular weight excluding hydrogens is 371 g/mol. The van der Waals surface area contributed by atoms with Gasteiger partial charge in [0.05, 0.1) is 18.1 Å². The molecule has 1 unspecified atom stereocenters. The molecule has 9 heteroatoms. The maximum absolute atomic E-state index is 13.3. The van der Waals surface area contributed by atoms with Crippen LogP contribution in [-0.2, 0) is 21.2 Å². The fraction of sp³-hybridized carbons (Fsp3) is 0.556. The van der Waals surface area contributed by atoms with Crippen LogP contribution in [0.3, 0.4) is 0 Å². The van der Waals surface area contributed by atoms with E-state index in [1.54, 1.807) is 19.1 Å². The van der Waals surface area contributed by atoms with Gasteiger partial charge in [-0.05, 0) is 37.5 Å². The van der Waals surface area contributed by atoms with E-state index < -0.39 is 9.84 Å². The number of carbonyl (C=O) groups excluding carboxylic acids is 1. The number of guanidine groups is 1. The Hall–Kier alpha value is -2.16. The highest BCUT2D eigenvalue weighted by Crippen LogP contribution is 2.11. The minimum Gasteiger partial charge on any atom is -0.357 e. The number of hydrogen-bond acceptors (Lipinski definition) is 4. The number of hydrogen-bond donors (Lipinski definition) is 3. The zero-order chi connectivity index (χ0) is 19.9. The van der Waals surface area contributed by atoms with Gasteiger partial charge in [0.15, 0.2) is 15.8 Å². The van der Waals surface area contributed by atoms with Gasteiger partial charge in [0.1, 0.15) is 5.82 Å². The summed E-state index contributed by atoms with van der Waals surface area (Å²) in [6.45, 7) is 5.08. The van der Waals surface area contributed by atoms with Crippen molar-refractivity contribution in [1.29, 1.82) is 0 Å². The second kappa shape index (κ2) is 9.68. The van der Waals surface area contributed by atoms with Crippen LogP contribution >= 0.6 is 0 Å². The maximum atomic E-state index is 13.3. The van der Waals surface area contributed by atoms with E-state index in [-0.39, 0.29) is 35.7 Å². The van der Waals surface area contributed by atoms with Crippen LogP contribution in [0.5, 0.6) is 0 Å². The summed E-state index contributed by atoms with van der Waals surface area (Å²) in [7, 11) is -3.00. The van der Waals surface area contributed by atoms with Crippen molar-refractivity contribution in [1.82, 2.24) is 16.0 Å². The Labute approximate surface area is 159 Å². The summed E-state index contributed by atoms with van der Waals surface area (Å²) in [5.41, 5.74) is 1.47. The van der Waals surface area contributed by atoms with E-state index in [2.05, 4.69) is 20.9 Å². The quantitative estimate of drug-likeness (QED) is 0.468.